The van der Waals surface area contributed by atoms with Gasteiger partial charge < -0.3 is 5.32 Å². The van der Waals surface area contributed by atoms with Gasteiger partial charge in [-0.2, -0.15) is 0 Å². The molecule has 0 spiro atoms. The Hall–Kier alpha value is -1.09. The fourth-order valence-electron chi connectivity index (χ4n) is 1.80. The van der Waals surface area contributed by atoms with Crippen molar-refractivity contribution >= 4 is 17.5 Å². The van der Waals surface area contributed by atoms with Crippen LogP contribution in [0.4, 0.5) is 4.39 Å². The van der Waals surface area contributed by atoms with Gasteiger partial charge >= 0.3 is 0 Å². The molecule has 1 aromatic rings. The first-order valence-corrected chi connectivity index (χ1v) is 6.57. The second-order valence-electron chi connectivity index (χ2n) is 4.75. The topological polar surface area (TPSA) is 29.1 Å². The first kappa shape index (κ1) is 15.0. The lowest BCUT2D eigenvalue weighted by Crippen LogP contribution is -2.34. The van der Waals surface area contributed by atoms with Crippen molar-refractivity contribution in [1.82, 2.24) is 5.32 Å². The molecule has 100 valence electrons. The molecule has 2 nitrogen and oxygen atoms in total. The lowest BCUT2D eigenvalue weighted by atomic mass is 10.00. The zero-order chi connectivity index (χ0) is 13.7. The smallest absolute Gasteiger partial charge is 0.254 e. The van der Waals surface area contributed by atoms with Gasteiger partial charge in [0, 0.05) is 11.1 Å². The summed E-state index contributed by atoms with van der Waals surface area (Å²) in [6, 6.07) is 4.00. The predicted molar refractivity (Wildman–Crippen MR) is 72.4 cm³/mol. The standard InChI is InChI=1S/C14H19ClFNO/c1-4-9(2)7-10(3)17-14(18)12-8-11(15)5-6-13(12)16/h5-6,8-10H,4,7H2,1-3H3,(H,17,18). The SMILES string of the molecule is CCC(C)CC(C)NC(=O)c1cc(Cl)ccc1F. The van der Waals surface area contributed by atoms with Gasteiger partial charge in [0.25, 0.3) is 5.91 Å². The van der Waals surface area contributed by atoms with Crippen LogP contribution in [0.15, 0.2) is 18.2 Å². The number of hydrogen-bond donors (Lipinski definition) is 1. The van der Waals surface area contributed by atoms with Crippen LogP contribution < -0.4 is 5.32 Å². The van der Waals surface area contributed by atoms with Gasteiger partial charge in [-0.15, -0.1) is 0 Å². The molecule has 4 heteroatoms. The van der Waals surface area contributed by atoms with Crippen molar-refractivity contribution < 1.29 is 9.18 Å². The summed E-state index contributed by atoms with van der Waals surface area (Å²) in [6.07, 6.45) is 1.94. The molecule has 0 aliphatic rings. The number of rotatable bonds is 5. The maximum Gasteiger partial charge on any atom is 0.254 e. The number of carbonyl (C=O) groups is 1. The van der Waals surface area contributed by atoms with Gasteiger partial charge in [0.1, 0.15) is 5.82 Å². The summed E-state index contributed by atoms with van der Waals surface area (Å²) in [5.74, 6) is -0.428. The van der Waals surface area contributed by atoms with Gasteiger partial charge in [0.15, 0.2) is 0 Å². The molecule has 0 saturated heterocycles. The second kappa shape index (κ2) is 6.74. The minimum Gasteiger partial charge on any atom is -0.349 e. The van der Waals surface area contributed by atoms with E-state index in [2.05, 4.69) is 19.2 Å². The van der Waals surface area contributed by atoms with E-state index in [-0.39, 0.29) is 11.6 Å². The van der Waals surface area contributed by atoms with Crippen LogP contribution in [0.5, 0.6) is 0 Å². The van der Waals surface area contributed by atoms with Gasteiger partial charge in [0.2, 0.25) is 0 Å². The number of halogens is 2. The summed E-state index contributed by atoms with van der Waals surface area (Å²) < 4.78 is 13.5. The first-order valence-electron chi connectivity index (χ1n) is 6.20. The summed E-state index contributed by atoms with van der Waals surface area (Å²) in [6.45, 7) is 6.16. The predicted octanol–water partition coefficient (Wildman–Crippen LogP) is 4.03. The Morgan fingerprint density at radius 2 is 2.11 bits per heavy atom. The van der Waals surface area contributed by atoms with Crippen molar-refractivity contribution in [2.75, 3.05) is 0 Å². The fourth-order valence-corrected chi connectivity index (χ4v) is 1.97. The molecule has 0 aliphatic carbocycles. The maximum atomic E-state index is 13.5. The van der Waals surface area contributed by atoms with Crippen molar-refractivity contribution in [2.45, 2.75) is 39.7 Å². The number of benzene rings is 1. The Labute approximate surface area is 113 Å². The van der Waals surface area contributed by atoms with Crippen LogP contribution in [0.25, 0.3) is 0 Å². The Morgan fingerprint density at radius 3 is 2.72 bits per heavy atom. The Kier molecular flexibility index (Phi) is 5.60. The average molecular weight is 272 g/mol. The summed E-state index contributed by atoms with van der Waals surface area (Å²) >= 11 is 5.76. The second-order valence-corrected chi connectivity index (χ2v) is 5.18. The van der Waals surface area contributed by atoms with Crippen molar-refractivity contribution in [1.29, 1.82) is 0 Å². The highest BCUT2D eigenvalue weighted by Gasteiger charge is 2.15. The van der Waals surface area contributed by atoms with Crippen LogP contribution in [-0.4, -0.2) is 11.9 Å². The highest BCUT2D eigenvalue weighted by Crippen LogP contribution is 2.16. The Balaban J connectivity index is 2.67. The minimum absolute atomic E-state index is 0.00139. The minimum atomic E-state index is -0.548. The van der Waals surface area contributed by atoms with E-state index < -0.39 is 11.7 Å². The highest BCUT2D eigenvalue weighted by atomic mass is 35.5. The zero-order valence-electron chi connectivity index (χ0n) is 11.0. The van der Waals surface area contributed by atoms with Crippen molar-refractivity contribution in [3.05, 3.63) is 34.6 Å². The van der Waals surface area contributed by atoms with Crippen molar-refractivity contribution in [3.63, 3.8) is 0 Å². The molecule has 0 aromatic heterocycles. The van der Waals surface area contributed by atoms with Crippen molar-refractivity contribution in [3.8, 4) is 0 Å². The monoisotopic (exact) mass is 271 g/mol. The summed E-state index contributed by atoms with van der Waals surface area (Å²) in [5.41, 5.74) is -0.00139. The lowest BCUT2D eigenvalue weighted by molar-refractivity contribution is 0.0931. The molecular formula is C14H19ClFNO. The zero-order valence-corrected chi connectivity index (χ0v) is 11.7. The molecule has 1 aromatic carbocycles. The van der Waals surface area contributed by atoms with E-state index in [1.54, 1.807) is 0 Å². The molecule has 1 amide bonds. The number of carbonyl (C=O) groups excluding carboxylic acids is 1. The van der Waals surface area contributed by atoms with Crippen LogP contribution in [-0.2, 0) is 0 Å². The molecule has 2 unspecified atom stereocenters. The van der Waals surface area contributed by atoms with Crippen LogP contribution >= 0.6 is 11.6 Å². The molecule has 0 aliphatic heterocycles. The normalized spacial score (nSPS) is 14.1. The Bertz CT molecular complexity index is 422. The van der Waals surface area contributed by atoms with Gasteiger partial charge in [-0.1, -0.05) is 31.9 Å². The van der Waals surface area contributed by atoms with Gasteiger partial charge in [-0.05, 0) is 37.5 Å². The molecule has 18 heavy (non-hydrogen) atoms. The van der Waals surface area contributed by atoms with Crippen molar-refractivity contribution in [2.24, 2.45) is 5.92 Å². The summed E-state index contributed by atoms with van der Waals surface area (Å²) in [5, 5.41) is 3.15. The first-order chi connectivity index (χ1) is 8.43. The van der Waals surface area contributed by atoms with Crippen LogP contribution in [0.3, 0.4) is 0 Å². The highest BCUT2D eigenvalue weighted by molar-refractivity contribution is 6.31. The molecule has 0 radical (unpaired) electrons. The molecule has 0 fully saturated rings. The third kappa shape index (κ3) is 4.30. The number of amides is 1. The van der Waals surface area contributed by atoms with Crippen LogP contribution in [0.1, 0.15) is 44.0 Å². The van der Waals surface area contributed by atoms with E-state index in [1.807, 2.05) is 6.92 Å². The van der Waals surface area contributed by atoms with E-state index in [1.165, 1.54) is 18.2 Å². The molecular weight excluding hydrogens is 253 g/mol. The largest absolute Gasteiger partial charge is 0.349 e. The quantitative estimate of drug-likeness (QED) is 0.861. The summed E-state index contributed by atoms with van der Waals surface area (Å²) in [4.78, 5) is 11.9. The van der Waals surface area contributed by atoms with E-state index in [9.17, 15) is 9.18 Å². The molecule has 0 bridgehead atoms. The molecule has 0 saturated carbocycles. The molecule has 2 atom stereocenters. The molecule has 0 heterocycles. The molecule has 1 N–H and O–H groups in total. The Morgan fingerprint density at radius 1 is 1.44 bits per heavy atom. The third-order valence-corrected chi connectivity index (χ3v) is 3.24. The number of nitrogens with one attached hydrogen (secondary N) is 1. The van der Waals surface area contributed by atoms with Gasteiger partial charge in [0.05, 0.1) is 5.56 Å². The summed E-state index contributed by atoms with van der Waals surface area (Å²) in [7, 11) is 0. The fraction of sp³-hybridized carbons (Fsp3) is 0.500. The van der Waals surface area contributed by atoms with E-state index in [0.717, 1.165) is 12.8 Å². The lowest BCUT2D eigenvalue weighted by Gasteiger charge is -2.17. The third-order valence-electron chi connectivity index (χ3n) is 3.00. The number of hydrogen-bond acceptors (Lipinski definition) is 1. The molecule has 1 rings (SSSR count). The average Bonchev–Trinajstić information content (AvgIpc) is 2.31. The van der Waals surface area contributed by atoms with Crippen LogP contribution in [0.2, 0.25) is 5.02 Å². The van der Waals surface area contributed by atoms with E-state index >= 15 is 0 Å². The van der Waals surface area contributed by atoms with Gasteiger partial charge in [-0.3, -0.25) is 4.79 Å². The van der Waals surface area contributed by atoms with E-state index in [0.29, 0.717) is 10.9 Å². The van der Waals surface area contributed by atoms with Crippen LogP contribution in [0, 0.1) is 11.7 Å². The van der Waals surface area contributed by atoms with Gasteiger partial charge in [-0.25, -0.2) is 4.39 Å². The van der Waals surface area contributed by atoms with E-state index in [4.69, 9.17) is 11.6 Å². The maximum absolute atomic E-state index is 13.5.